The summed E-state index contributed by atoms with van der Waals surface area (Å²) in [6.07, 6.45) is 7.51. The lowest BCUT2D eigenvalue weighted by atomic mass is 9.89. The van der Waals surface area contributed by atoms with Crippen LogP contribution in [0.3, 0.4) is 0 Å². The van der Waals surface area contributed by atoms with Gasteiger partial charge in [0.25, 0.3) is 0 Å². The second kappa shape index (κ2) is 9.65. The Morgan fingerprint density at radius 2 is 1.81 bits per heavy atom. The van der Waals surface area contributed by atoms with Gasteiger partial charge in [0, 0.05) is 38.1 Å². The van der Waals surface area contributed by atoms with E-state index >= 15 is 0 Å². The molecule has 3 fully saturated rings. The van der Waals surface area contributed by atoms with Crippen LogP contribution in [0, 0.1) is 11.7 Å². The highest BCUT2D eigenvalue weighted by Crippen LogP contribution is 2.31. The quantitative estimate of drug-likeness (QED) is 0.703. The fourth-order valence-electron chi connectivity index (χ4n) is 5.46. The van der Waals surface area contributed by atoms with Crippen LogP contribution in [0.5, 0.6) is 0 Å². The third-order valence-electron chi connectivity index (χ3n) is 7.48. The van der Waals surface area contributed by atoms with Crippen molar-refractivity contribution >= 4 is 17.5 Å². The van der Waals surface area contributed by atoms with Crippen molar-refractivity contribution in [3.8, 4) is 0 Å². The zero-order valence-corrected chi connectivity index (χ0v) is 18.5. The molecule has 3 aliphatic rings. The summed E-state index contributed by atoms with van der Waals surface area (Å²) in [6.45, 7) is 2.80. The minimum Gasteiger partial charge on any atom is -0.369 e. The summed E-state index contributed by atoms with van der Waals surface area (Å²) in [4.78, 5) is 28.1. The predicted octanol–water partition coefficient (Wildman–Crippen LogP) is 2.76. The van der Waals surface area contributed by atoms with Crippen LogP contribution in [0.15, 0.2) is 18.2 Å². The number of imide groups is 1. The van der Waals surface area contributed by atoms with Gasteiger partial charge in [-0.3, -0.25) is 14.9 Å². The van der Waals surface area contributed by atoms with E-state index < -0.39 is 5.92 Å². The lowest BCUT2D eigenvalue weighted by Crippen LogP contribution is -2.43. The van der Waals surface area contributed by atoms with Gasteiger partial charge in [0.1, 0.15) is 5.82 Å². The number of rotatable bonds is 5. The van der Waals surface area contributed by atoms with E-state index in [0.29, 0.717) is 42.1 Å². The van der Waals surface area contributed by atoms with Crippen molar-refractivity contribution in [2.45, 2.75) is 69.4 Å². The molecule has 2 heterocycles. The molecule has 6 nitrogen and oxygen atoms in total. The van der Waals surface area contributed by atoms with Gasteiger partial charge in [-0.05, 0) is 75.6 Å². The average molecular weight is 431 g/mol. The molecule has 0 spiro atoms. The Balaban J connectivity index is 1.30. The van der Waals surface area contributed by atoms with Gasteiger partial charge < -0.3 is 15.5 Å². The van der Waals surface area contributed by atoms with Crippen LogP contribution in [-0.4, -0.2) is 55.5 Å². The molecule has 1 aliphatic carbocycles. The molecular weight excluding hydrogens is 395 g/mol. The third-order valence-corrected chi connectivity index (χ3v) is 7.48. The summed E-state index contributed by atoms with van der Waals surface area (Å²) in [5, 5.41) is 2.35. The minimum absolute atomic E-state index is 0.251. The molecule has 0 bridgehead atoms. The molecule has 1 saturated carbocycles. The van der Waals surface area contributed by atoms with Crippen molar-refractivity contribution in [3.05, 3.63) is 29.6 Å². The van der Waals surface area contributed by atoms with E-state index in [1.54, 1.807) is 6.07 Å². The highest BCUT2D eigenvalue weighted by atomic mass is 19.1. The van der Waals surface area contributed by atoms with E-state index in [-0.39, 0.29) is 17.6 Å². The summed E-state index contributed by atoms with van der Waals surface area (Å²) in [6, 6.07) is 6.14. The first-order valence-electron chi connectivity index (χ1n) is 11.7. The topological polar surface area (TPSA) is 78.7 Å². The average Bonchev–Trinajstić information content (AvgIpc) is 2.75. The molecule has 0 aromatic heterocycles. The largest absolute Gasteiger partial charge is 0.369 e. The number of anilines is 1. The SMILES string of the molecule is CN(CC1CCN(c2ccc(C3CCC(=O)NC3=O)cc2F)CC1)C1CCC(N)CC1. The Morgan fingerprint density at radius 1 is 1.10 bits per heavy atom. The van der Waals surface area contributed by atoms with Gasteiger partial charge in [0.15, 0.2) is 0 Å². The maximum Gasteiger partial charge on any atom is 0.234 e. The molecule has 3 N–H and O–H groups in total. The Kier molecular flexibility index (Phi) is 6.92. The van der Waals surface area contributed by atoms with Crippen molar-refractivity contribution in [1.82, 2.24) is 10.2 Å². The summed E-state index contributed by atoms with van der Waals surface area (Å²) in [5.74, 6) is -0.664. The van der Waals surface area contributed by atoms with Crippen molar-refractivity contribution in [3.63, 3.8) is 0 Å². The summed E-state index contributed by atoms with van der Waals surface area (Å²) >= 11 is 0. The number of nitrogens with zero attached hydrogens (tertiary/aromatic N) is 2. The number of nitrogens with two attached hydrogens (primary N) is 1. The molecule has 2 saturated heterocycles. The first kappa shape index (κ1) is 22.2. The minimum atomic E-state index is -0.447. The van der Waals surface area contributed by atoms with Gasteiger partial charge in [-0.25, -0.2) is 4.39 Å². The van der Waals surface area contributed by atoms with Crippen LogP contribution < -0.4 is 16.0 Å². The fourth-order valence-corrected chi connectivity index (χ4v) is 5.46. The Hall–Kier alpha value is -1.99. The van der Waals surface area contributed by atoms with Gasteiger partial charge in [-0.15, -0.1) is 0 Å². The van der Waals surface area contributed by atoms with Crippen molar-refractivity contribution in [2.24, 2.45) is 11.7 Å². The van der Waals surface area contributed by atoms with Crippen LogP contribution in [0.1, 0.15) is 62.8 Å². The van der Waals surface area contributed by atoms with E-state index in [1.807, 2.05) is 6.07 Å². The molecule has 1 aromatic rings. The lowest BCUT2D eigenvalue weighted by molar-refractivity contribution is -0.134. The number of carbonyl (C=O) groups excluding carboxylic acids is 2. The van der Waals surface area contributed by atoms with Crippen molar-refractivity contribution < 1.29 is 14.0 Å². The van der Waals surface area contributed by atoms with Gasteiger partial charge in [0.05, 0.1) is 11.6 Å². The number of hydrogen-bond acceptors (Lipinski definition) is 5. The fraction of sp³-hybridized carbons (Fsp3) is 0.667. The second-order valence-corrected chi connectivity index (χ2v) is 9.65. The molecule has 1 aromatic carbocycles. The first-order valence-corrected chi connectivity index (χ1v) is 11.7. The van der Waals surface area contributed by atoms with Crippen molar-refractivity contribution in [1.29, 1.82) is 0 Å². The van der Waals surface area contributed by atoms with E-state index in [2.05, 4.69) is 22.2 Å². The van der Waals surface area contributed by atoms with Gasteiger partial charge in [-0.2, -0.15) is 0 Å². The zero-order chi connectivity index (χ0) is 22.0. The number of hydrogen-bond donors (Lipinski definition) is 2. The summed E-state index contributed by atoms with van der Waals surface area (Å²) in [7, 11) is 2.24. The molecule has 2 aliphatic heterocycles. The van der Waals surface area contributed by atoms with E-state index in [0.717, 1.165) is 45.3 Å². The Labute approximate surface area is 184 Å². The third kappa shape index (κ3) is 5.26. The standard InChI is InChI=1S/C24H35FN4O2/c1-28(19-5-3-18(26)4-6-19)15-16-10-12-29(13-11-16)22-8-2-17(14-21(22)25)20-7-9-23(30)27-24(20)31/h2,8,14,16,18-20H,3-7,9-13,15,26H2,1H3,(H,27,30,31). The zero-order valence-electron chi connectivity index (χ0n) is 18.5. The number of nitrogens with one attached hydrogen (secondary N) is 1. The van der Waals surface area contributed by atoms with Gasteiger partial charge in [-0.1, -0.05) is 6.07 Å². The maximum atomic E-state index is 14.9. The van der Waals surface area contributed by atoms with Crippen LogP contribution in [0.2, 0.25) is 0 Å². The summed E-state index contributed by atoms with van der Waals surface area (Å²) < 4.78 is 14.9. The molecule has 31 heavy (non-hydrogen) atoms. The highest BCUT2D eigenvalue weighted by Gasteiger charge is 2.30. The number of carbonyl (C=O) groups is 2. The highest BCUT2D eigenvalue weighted by molar-refractivity contribution is 6.00. The van der Waals surface area contributed by atoms with Crippen LogP contribution in [-0.2, 0) is 9.59 Å². The van der Waals surface area contributed by atoms with Crippen LogP contribution >= 0.6 is 0 Å². The van der Waals surface area contributed by atoms with E-state index in [4.69, 9.17) is 5.73 Å². The van der Waals surface area contributed by atoms with Gasteiger partial charge >= 0.3 is 0 Å². The summed E-state index contributed by atoms with van der Waals surface area (Å²) in [5.41, 5.74) is 7.30. The van der Waals surface area contributed by atoms with E-state index in [9.17, 15) is 14.0 Å². The number of amides is 2. The Bertz CT molecular complexity index is 801. The number of piperidine rings is 2. The molecular formula is C24H35FN4O2. The van der Waals surface area contributed by atoms with Crippen LogP contribution in [0.4, 0.5) is 10.1 Å². The molecule has 1 atom stereocenters. The first-order chi connectivity index (χ1) is 14.9. The monoisotopic (exact) mass is 430 g/mol. The van der Waals surface area contributed by atoms with Gasteiger partial charge in [0.2, 0.25) is 11.8 Å². The predicted molar refractivity (Wildman–Crippen MR) is 119 cm³/mol. The Morgan fingerprint density at radius 3 is 2.45 bits per heavy atom. The number of benzene rings is 1. The molecule has 170 valence electrons. The maximum absolute atomic E-state index is 14.9. The molecule has 0 radical (unpaired) electrons. The number of halogens is 1. The van der Waals surface area contributed by atoms with E-state index in [1.165, 1.54) is 18.9 Å². The molecule has 7 heteroatoms. The smallest absolute Gasteiger partial charge is 0.234 e. The molecule has 4 rings (SSSR count). The van der Waals surface area contributed by atoms with Crippen LogP contribution in [0.25, 0.3) is 0 Å². The van der Waals surface area contributed by atoms with Crippen molar-refractivity contribution in [2.75, 3.05) is 31.6 Å². The normalized spacial score (nSPS) is 28.1. The second-order valence-electron chi connectivity index (χ2n) is 9.65. The molecule has 2 amide bonds. The molecule has 1 unspecified atom stereocenters. The lowest BCUT2D eigenvalue weighted by Gasteiger charge is -2.39.